The topological polar surface area (TPSA) is 38.8 Å². The van der Waals surface area contributed by atoms with Gasteiger partial charge in [-0.15, -0.1) is 11.8 Å². The number of fused-ring (bicyclic) bond motifs is 2. The van der Waals surface area contributed by atoms with E-state index in [0.29, 0.717) is 19.0 Å². The molecule has 2 aliphatic heterocycles. The molecule has 2 aliphatic rings. The molecule has 0 saturated heterocycles. The van der Waals surface area contributed by atoms with Crippen LogP contribution in [0.15, 0.2) is 41.3 Å². The zero-order valence-electron chi connectivity index (χ0n) is 13.7. The van der Waals surface area contributed by atoms with Crippen molar-refractivity contribution < 1.29 is 14.3 Å². The highest BCUT2D eigenvalue weighted by atomic mass is 35.5. The van der Waals surface area contributed by atoms with E-state index < -0.39 is 0 Å². The molecule has 0 fully saturated rings. The second kappa shape index (κ2) is 7.18. The Morgan fingerprint density at radius 2 is 1.96 bits per heavy atom. The first-order valence-electron chi connectivity index (χ1n) is 8.32. The number of rotatable bonds is 3. The van der Waals surface area contributed by atoms with Crippen LogP contribution >= 0.6 is 23.4 Å². The van der Waals surface area contributed by atoms with Crippen LogP contribution in [0, 0.1) is 0 Å². The van der Waals surface area contributed by atoms with Crippen molar-refractivity contribution in [1.29, 1.82) is 0 Å². The van der Waals surface area contributed by atoms with Gasteiger partial charge in [0.15, 0.2) is 11.5 Å². The van der Waals surface area contributed by atoms with Crippen LogP contribution in [0.1, 0.15) is 12.0 Å². The SMILES string of the molecule is O=C(CSc1ccc2c(c1)OCCO2)N1CCCc2cc(Cl)ccc21. The predicted molar refractivity (Wildman–Crippen MR) is 100 cm³/mol. The van der Waals surface area contributed by atoms with Crippen LogP contribution in [0.5, 0.6) is 11.5 Å². The van der Waals surface area contributed by atoms with Crippen molar-refractivity contribution in [1.82, 2.24) is 0 Å². The van der Waals surface area contributed by atoms with Gasteiger partial charge in [0.2, 0.25) is 5.91 Å². The summed E-state index contributed by atoms with van der Waals surface area (Å²) in [4.78, 5) is 15.6. The smallest absolute Gasteiger partial charge is 0.237 e. The first kappa shape index (κ1) is 16.6. The van der Waals surface area contributed by atoms with Crippen molar-refractivity contribution >= 4 is 35.0 Å². The Morgan fingerprint density at radius 3 is 2.84 bits per heavy atom. The summed E-state index contributed by atoms with van der Waals surface area (Å²) < 4.78 is 11.1. The fraction of sp³-hybridized carbons (Fsp3) is 0.316. The summed E-state index contributed by atoms with van der Waals surface area (Å²) >= 11 is 7.59. The molecule has 25 heavy (non-hydrogen) atoms. The molecule has 0 aromatic heterocycles. The molecule has 4 nitrogen and oxygen atoms in total. The molecule has 2 aromatic carbocycles. The molecule has 2 heterocycles. The lowest BCUT2D eigenvalue weighted by molar-refractivity contribution is -0.116. The van der Waals surface area contributed by atoms with Gasteiger partial charge in [-0.2, -0.15) is 0 Å². The fourth-order valence-corrected chi connectivity index (χ4v) is 4.16. The Labute approximate surface area is 156 Å². The van der Waals surface area contributed by atoms with Crippen LogP contribution in [-0.4, -0.2) is 31.4 Å². The standard InChI is InChI=1S/C19H18ClNO3S/c20-14-3-5-16-13(10-14)2-1-7-21(16)19(22)12-25-15-4-6-17-18(11-15)24-9-8-23-17/h3-6,10-11H,1-2,7-9,12H2. The molecule has 0 aliphatic carbocycles. The van der Waals surface area contributed by atoms with Crippen LogP contribution in [-0.2, 0) is 11.2 Å². The van der Waals surface area contributed by atoms with E-state index in [0.717, 1.165) is 52.1 Å². The third kappa shape index (κ3) is 3.58. The Balaban J connectivity index is 1.45. The highest BCUT2D eigenvalue weighted by molar-refractivity contribution is 8.00. The molecular formula is C19H18ClNO3S. The van der Waals surface area contributed by atoms with Crippen LogP contribution in [0.4, 0.5) is 5.69 Å². The Bertz CT molecular complexity index is 811. The van der Waals surface area contributed by atoms with Crippen LogP contribution in [0.2, 0.25) is 5.02 Å². The zero-order valence-corrected chi connectivity index (χ0v) is 15.2. The van der Waals surface area contributed by atoms with Crippen molar-refractivity contribution in [3.63, 3.8) is 0 Å². The van der Waals surface area contributed by atoms with Gasteiger partial charge < -0.3 is 14.4 Å². The van der Waals surface area contributed by atoms with Gasteiger partial charge in [0.25, 0.3) is 0 Å². The van der Waals surface area contributed by atoms with Gasteiger partial charge in [0.1, 0.15) is 13.2 Å². The average molecular weight is 376 g/mol. The molecule has 0 spiro atoms. The number of thioether (sulfide) groups is 1. The maximum Gasteiger partial charge on any atom is 0.237 e. The predicted octanol–water partition coefficient (Wildman–Crippen LogP) is 4.18. The minimum absolute atomic E-state index is 0.114. The maximum absolute atomic E-state index is 12.7. The summed E-state index contributed by atoms with van der Waals surface area (Å²) in [6.07, 6.45) is 1.93. The molecule has 0 radical (unpaired) electrons. The Kier molecular flexibility index (Phi) is 4.77. The third-order valence-electron chi connectivity index (χ3n) is 4.34. The summed E-state index contributed by atoms with van der Waals surface area (Å²) in [5, 5.41) is 0.721. The summed E-state index contributed by atoms with van der Waals surface area (Å²) in [6.45, 7) is 1.90. The first-order valence-corrected chi connectivity index (χ1v) is 9.68. The lowest BCUT2D eigenvalue weighted by Crippen LogP contribution is -2.36. The van der Waals surface area contributed by atoms with Crippen LogP contribution in [0.3, 0.4) is 0 Å². The molecule has 6 heteroatoms. The van der Waals surface area contributed by atoms with E-state index in [2.05, 4.69) is 0 Å². The third-order valence-corrected chi connectivity index (χ3v) is 5.55. The zero-order chi connectivity index (χ0) is 17.2. The molecule has 0 saturated carbocycles. The first-order chi connectivity index (χ1) is 12.2. The number of hydrogen-bond acceptors (Lipinski definition) is 4. The lowest BCUT2D eigenvalue weighted by Gasteiger charge is -2.29. The van der Waals surface area contributed by atoms with E-state index in [1.54, 1.807) is 0 Å². The van der Waals surface area contributed by atoms with Crippen molar-refractivity contribution in [3.8, 4) is 11.5 Å². The highest BCUT2D eigenvalue weighted by Crippen LogP contribution is 2.35. The number of benzene rings is 2. The number of aryl methyl sites for hydroxylation is 1. The minimum atomic E-state index is 0.114. The van der Waals surface area contributed by atoms with Crippen molar-refractivity contribution in [2.75, 3.05) is 30.4 Å². The molecule has 0 bridgehead atoms. The fourth-order valence-electron chi connectivity index (χ4n) is 3.16. The second-order valence-electron chi connectivity index (χ2n) is 6.02. The molecule has 2 aromatic rings. The van der Waals surface area contributed by atoms with Gasteiger partial charge in [-0.05, 0) is 54.8 Å². The van der Waals surface area contributed by atoms with Gasteiger partial charge in [-0.25, -0.2) is 0 Å². The number of amides is 1. The normalized spacial score (nSPS) is 15.6. The van der Waals surface area contributed by atoms with Gasteiger partial charge in [-0.3, -0.25) is 4.79 Å². The van der Waals surface area contributed by atoms with E-state index in [9.17, 15) is 4.79 Å². The van der Waals surface area contributed by atoms with Crippen LogP contribution in [0.25, 0.3) is 0 Å². The molecule has 1 amide bonds. The summed E-state index contributed by atoms with van der Waals surface area (Å²) in [6, 6.07) is 11.6. The van der Waals surface area contributed by atoms with E-state index in [1.807, 2.05) is 41.3 Å². The van der Waals surface area contributed by atoms with Crippen molar-refractivity contribution in [2.45, 2.75) is 17.7 Å². The average Bonchev–Trinajstić information content (AvgIpc) is 2.65. The van der Waals surface area contributed by atoms with Crippen molar-refractivity contribution in [2.24, 2.45) is 0 Å². The monoisotopic (exact) mass is 375 g/mol. The molecule has 0 atom stereocenters. The van der Waals surface area contributed by atoms with E-state index in [4.69, 9.17) is 21.1 Å². The number of ether oxygens (including phenoxy) is 2. The van der Waals surface area contributed by atoms with Gasteiger partial charge in [0.05, 0.1) is 5.75 Å². The molecular weight excluding hydrogens is 358 g/mol. The Hall–Kier alpha value is -1.85. The van der Waals surface area contributed by atoms with Gasteiger partial charge in [0, 0.05) is 22.2 Å². The Morgan fingerprint density at radius 1 is 1.12 bits per heavy atom. The van der Waals surface area contributed by atoms with Gasteiger partial charge in [-0.1, -0.05) is 11.6 Å². The largest absolute Gasteiger partial charge is 0.486 e. The number of hydrogen-bond donors (Lipinski definition) is 0. The van der Waals surface area contributed by atoms with E-state index in [1.165, 1.54) is 11.8 Å². The van der Waals surface area contributed by atoms with Crippen LogP contribution < -0.4 is 14.4 Å². The quantitative estimate of drug-likeness (QED) is 0.754. The summed E-state index contributed by atoms with van der Waals surface area (Å²) in [7, 11) is 0. The van der Waals surface area contributed by atoms with Gasteiger partial charge >= 0.3 is 0 Å². The summed E-state index contributed by atoms with van der Waals surface area (Å²) in [5.74, 6) is 2.02. The molecule has 130 valence electrons. The number of nitrogens with zero attached hydrogens (tertiary/aromatic N) is 1. The molecule has 0 N–H and O–H groups in total. The number of anilines is 1. The highest BCUT2D eigenvalue weighted by Gasteiger charge is 2.23. The van der Waals surface area contributed by atoms with Crippen molar-refractivity contribution in [3.05, 3.63) is 47.0 Å². The second-order valence-corrected chi connectivity index (χ2v) is 7.50. The number of halogens is 1. The minimum Gasteiger partial charge on any atom is -0.486 e. The van der Waals surface area contributed by atoms with E-state index in [-0.39, 0.29) is 5.91 Å². The maximum atomic E-state index is 12.7. The summed E-state index contributed by atoms with van der Waals surface area (Å²) in [5.41, 5.74) is 2.14. The number of carbonyl (C=O) groups is 1. The molecule has 0 unspecified atom stereocenters. The lowest BCUT2D eigenvalue weighted by atomic mass is 10.0. The molecule has 4 rings (SSSR count). The van der Waals surface area contributed by atoms with E-state index >= 15 is 0 Å². The number of carbonyl (C=O) groups excluding carboxylic acids is 1.